The molecule has 3 nitrogen and oxygen atoms in total. The van der Waals surface area contributed by atoms with Crippen molar-refractivity contribution in [3.8, 4) is 0 Å². The van der Waals surface area contributed by atoms with Crippen molar-refractivity contribution in [1.82, 2.24) is 10.3 Å². The van der Waals surface area contributed by atoms with Crippen molar-refractivity contribution in [1.29, 1.82) is 0 Å². The van der Waals surface area contributed by atoms with Crippen molar-refractivity contribution in [3.63, 3.8) is 0 Å². The zero-order valence-electron chi connectivity index (χ0n) is 9.22. The number of aromatic nitrogens is 1. The third-order valence-corrected chi connectivity index (χ3v) is 2.98. The first-order chi connectivity index (χ1) is 6.38. The summed E-state index contributed by atoms with van der Waals surface area (Å²) in [6.45, 7) is 9.00. The molecule has 1 aromatic heterocycles. The van der Waals surface area contributed by atoms with Crippen LogP contribution in [0.2, 0.25) is 0 Å². The predicted octanol–water partition coefficient (Wildman–Crippen LogP) is 1.62. The third kappa shape index (κ3) is 3.74. The SMILES string of the molecule is Cc1nc(CNCC(C)(C)O)sc1C. The lowest BCUT2D eigenvalue weighted by Crippen LogP contribution is -2.34. The molecule has 1 aromatic rings. The fourth-order valence-corrected chi connectivity index (χ4v) is 1.99. The van der Waals surface area contributed by atoms with Crippen LogP contribution in [0, 0.1) is 13.8 Å². The minimum atomic E-state index is -0.651. The molecule has 0 amide bonds. The van der Waals surface area contributed by atoms with E-state index in [4.69, 9.17) is 0 Å². The molecule has 80 valence electrons. The van der Waals surface area contributed by atoms with Crippen LogP contribution in [0.15, 0.2) is 0 Å². The van der Waals surface area contributed by atoms with E-state index in [2.05, 4.69) is 17.2 Å². The fourth-order valence-electron chi connectivity index (χ4n) is 1.09. The summed E-state index contributed by atoms with van der Waals surface area (Å²) in [5, 5.41) is 13.7. The normalized spacial score (nSPS) is 12.1. The molecule has 0 saturated carbocycles. The summed E-state index contributed by atoms with van der Waals surface area (Å²) in [4.78, 5) is 5.67. The number of aryl methyl sites for hydroxylation is 2. The molecule has 0 fully saturated rings. The van der Waals surface area contributed by atoms with Crippen LogP contribution in [-0.2, 0) is 6.54 Å². The molecule has 0 radical (unpaired) electrons. The van der Waals surface area contributed by atoms with E-state index in [1.165, 1.54) is 4.88 Å². The number of thiazole rings is 1. The summed E-state index contributed by atoms with van der Waals surface area (Å²) in [5.41, 5.74) is 0.455. The lowest BCUT2D eigenvalue weighted by atomic mass is 10.1. The summed E-state index contributed by atoms with van der Waals surface area (Å²) in [5.74, 6) is 0. The number of hydrogen-bond acceptors (Lipinski definition) is 4. The second-order valence-electron chi connectivity index (χ2n) is 4.17. The molecular weight excluding hydrogens is 196 g/mol. The Morgan fingerprint density at radius 3 is 2.50 bits per heavy atom. The van der Waals surface area contributed by atoms with Gasteiger partial charge in [0.2, 0.25) is 0 Å². The summed E-state index contributed by atoms with van der Waals surface area (Å²) < 4.78 is 0. The highest BCUT2D eigenvalue weighted by Crippen LogP contribution is 2.16. The highest BCUT2D eigenvalue weighted by molar-refractivity contribution is 7.11. The summed E-state index contributed by atoms with van der Waals surface area (Å²) >= 11 is 1.71. The quantitative estimate of drug-likeness (QED) is 0.800. The summed E-state index contributed by atoms with van der Waals surface area (Å²) in [6.07, 6.45) is 0. The Morgan fingerprint density at radius 1 is 1.43 bits per heavy atom. The Hall–Kier alpha value is -0.450. The average molecular weight is 214 g/mol. The Kier molecular flexibility index (Phi) is 3.64. The highest BCUT2D eigenvalue weighted by atomic mass is 32.1. The first-order valence-corrected chi connectivity index (χ1v) is 5.56. The zero-order valence-corrected chi connectivity index (χ0v) is 10.0. The van der Waals surface area contributed by atoms with Crippen molar-refractivity contribution in [3.05, 3.63) is 15.6 Å². The molecule has 4 heteroatoms. The topological polar surface area (TPSA) is 45.2 Å². The van der Waals surface area contributed by atoms with E-state index in [0.717, 1.165) is 17.2 Å². The number of aliphatic hydroxyl groups is 1. The van der Waals surface area contributed by atoms with Crippen molar-refractivity contribution >= 4 is 11.3 Å². The van der Waals surface area contributed by atoms with Gasteiger partial charge in [-0.1, -0.05) is 0 Å². The van der Waals surface area contributed by atoms with Crippen LogP contribution in [0.1, 0.15) is 29.4 Å². The van der Waals surface area contributed by atoms with Crippen LogP contribution in [0.5, 0.6) is 0 Å². The van der Waals surface area contributed by atoms with Crippen LogP contribution < -0.4 is 5.32 Å². The van der Waals surface area contributed by atoms with Gasteiger partial charge in [-0.15, -0.1) is 11.3 Å². The van der Waals surface area contributed by atoms with Crippen LogP contribution in [-0.4, -0.2) is 22.2 Å². The molecule has 1 rings (SSSR count). The maximum Gasteiger partial charge on any atom is 0.107 e. The van der Waals surface area contributed by atoms with E-state index in [0.29, 0.717) is 6.54 Å². The van der Waals surface area contributed by atoms with Crippen LogP contribution in [0.4, 0.5) is 0 Å². The first kappa shape index (κ1) is 11.6. The smallest absolute Gasteiger partial charge is 0.107 e. The van der Waals surface area contributed by atoms with E-state index in [-0.39, 0.29) is 0 Å². The molecule has 0 spiro atoms. The lowest BCUT2D eigenvalue weighted by Gasteiger charge is -2.16. The summed E-state index contributed by atoms with van der Waals surface area (Å²) in [7, 11) is 0. The van der Waals surface area contributed by atoms with Gasteiger partial charge in [0.1, 0.15) is 5.01 Å². The molecule has 0 aliphatic rings. The number of rotatable bonds is 4. The zero-order chi connectivity index (χ0) is 10.8. The average Bonchev–Trinajstić information content (AvgIpc) is 2.28. The van der Waals surface area contributed by atoms with Crippen molar-refractivity contribution in [2.45, 2.75) is 39.8 Å². The number of nitrogens with zero attached hydrogens (tertiary/aromatic N) is 1. The molecular formula is C10H18N2OS. The van der Waals surface area contributed by atoms with Gasteiger partial charge in [0.15, 0.2) is 0 Å². The molecule has 0 atom stereocenters. The van der Waals surface area contributed by atoms with Gasteiger partial charge in [0, 0.05) is 18.0 Å². The van der Waals surface area contributed by atoms with Crippen LogP contribution >= 0.6 is 11.3 Å². The first-order valence-electron chi connectivity index (χ1n) is 4.74. The van der Waals surface area contributed by atoms with E-state index in [1.54, 1.807) is 25.2 Å². The highest BCUT2D eigenvalue weighted by Gasteiger charge is 2.11. The Labute approximate surface area is 89.2 Å². The van der Waals surface area contributed by atoms with Gasteiger partial charge in [0.05, 0.1) is 11.3 Å². The molecule has 2 N–H and O–H groups in total. The Morgan fingerprint density at radius 2 is 2.07 bits per heavy atom. The Balaban J connectivity index is 2.39. The summed E-state index contributed by atoms with van der Waals surface area (Å²) in [6, 6.07) is 0. The lowest BCUT2D eigenvalue weighted by molar-refractivity contribution is 0.0795. The Bertz CT molecular complexity index is 282. The maximum atomic E-state index is 9.48. The predicted molar refractivity (Wildman–Crippen MR) is 59.6 cm³/mol. The van der Waals surface area contributed by atoms with Crippen LogP contribution in [0.25, 0.3) is 0 Å². The number of hydrogen-bond donors (Lipinski definition) is 2. The standard InChI is InChI=1S/C10H18N2OS/c1-7-8(2)14-9(12-7)5-11-6-10(3,4)13/h11,13H,5-6H2,1-4H3. The van der Waals surface area contributed by atoms with Crippen molar-refractivity contribution in [2.75, 3.05) is 6.54 Å². The van der Waals surface area contributed by atoms with Gasteiger partial charge in [0.25, 0.3) is 0 Å². The molecule has 1 heterocycles. The van der Waals surface area contributed by atoms with Gasteiger partial charge in [-0.2, -0.15) is 0 Å². The minimum Gasteiger partial charge on any atom is -0.389 e. The minimum absolute atomic E-state index is 0.588. The maximum absolute atomic E-state index is 9.48. The molecule has 0 aromatic carbocycles. The van der Waals surface area contributed by atoms with Gasteiger partial charge < -0.3 is 10.4 Å². The van der Waals surface area contributed by atoms with Gasteiger partial charge in [-0.25, -0.2) is 4.98 Å². The molecule has 0 saturated heterocycles. The van der Waals surface area contributed by atoms with E-state index < -0.39 is 5.60 Å². The molecule has 0 unspecified atom stereocenters. The van der Waals surface area contributed by atoms with E-state index in [9.17, 15) is 5.11 Å². The molecule has 0 bridgehead atoms. The fraction of sp³-hybridized carbons (Fsp3) is 0.700. The monoisotopic (exact) mass is 214 g/mol. The second-order valence-corrected chi connectivity index (χ2v) is 5.45. The molecule has 0 aliphatic carbocycles. The second kappa shape index (κ2) is 4.38. The third-order valence-electron chi connectivity index (χ3n) is 1.91. The van der Waals surface area contributed by atoms with Gasteiger partial charge in [-0.3, -0.25) is 0 Å². The van der Waals surface area contributed by atoms with Crippen molar-refractivity contribution < 1.29 is 5.11 Å². The largest absolute Gasteiger partial charge is 0.389 e. The van der Waals surface area contributed by atoms with E-state index >= 15 is 0 Å². The number of nitrogens with one attached hydrogen (secondary N) is 1. The molecule has 14 heavy (non-hydrogen) atoms. The van der Waals surface area contributed by atoms with Gasteiger partial charge >= 0.3 is 0 Å². The molecule has 0 aliphatic heterocycles. The van der Waals surface area contributed by atoms with Crippen molar-refractivity contribution in [2.24, 2.45) is 0 Å². The van der Waals surface area contributed by atoms with E-state index in [1.807, 2.05) is 6.92 Å². The van der Waals surface area contributed by atoms with Crippen LogP contribution in [0.3, 0.4) is 0 Å². The van der Waals surface area contributed by atoms with Gasteiger partial charge in [-0.05, 0) is 27.7 Å².